The molecule has 0 saturated carbocycles. The van der Waals surface area contributed by atoms with Gasteiger partial charge in [0.15, 0.2) is 0 Å². The van der Waals surface area contributed by atoms with Gasteiger partial charge in [0.05, 0.1) is 45.3 Å². The van der Waals surface area contributed by atoms with Crippen molar-refractivity contribution in [3.05, 3.63) is 0 Å². The van der Waals surface area contributed by atoms with Gasteiger partial charge in [-0.1, -0.05) is 11.8 Å². The second-order valence-corrected chi connectivity index (χ2v) is 8.46. The first kappa shape index (κ1) is 23.3. The van der Waals surface area contributed by atoms with Crippen LogP contribution in [0.15, 0.2) is 0 Å². The van der Waals surface area contributed by atoms with E-state index in [1.807, 2.05) is 0 Å². The fourth-order valence-electron chi connectivity index (χ4n) is 0.766. The predicted molar refractivity (Wildman–Crippen MR) is 76.6 cm³/mol. The van der Waals surface area contributed by atoms with Gasteiger partial charge in [-0.3, -0.25) is 0 Å². The molecule has 10 heteroatoms. The molecule has 0 radical (unpaired) electrons. The third kappa shape index (κ3) is 17.1. The normalized spacial score (nSPS) is 11.3. The van der Waals surface area contributed by atoms with Gasteiger partial charge in [-0.15, -0.1) is 23.2 Å². The van der Waals surface area contributed by atoms with Crippen LogP contribution >= 0.6 is 28.9 Å². The van der Waals surface area contributed by atoms with E-state index < -0.39 is 5.69 Å². The minimum atomic E-state index is -2.60. The van der Waals surface area contributed by atoms with Gasteiger partial charge in [-0.25, -0.2) is 0 Å². The summed E-state index contributed by atoms with van der Waals surface area (Å²) in [6, 6.07) is 0. The van der Waals surface area contributed by atoms with Crippen LogP contribution < -0.4 is 51.4 Å². The minimum absolute atomic E-state index is 0. The molecule has 0 aromatic rings. The van der Waals surface area contributed by atoms with Crippen LogP contribution in [0.5, 0.6) is 0 Å². The number of ether oxygens (including phenoxy) is 2. The number of hydrogen-bond acceptors (Lipinski definition) is 6. The molecule has 0 bridgehead atoms. The molecular weight excluding hydrogens is 365 g/mol. The van der Waals surface area contributed by atoms with Gasteiger partial charge in [0.25, 0.3) is 0 Å². The molecule has 0 aliphatic carbocycles. The first-order valence-electron chi connectivity index (χ1n) is 5.00. The Morgan fingerprint density at radius 2 is 1.22 bits per heavy atom. The quantitative estimate of drug-likeness (QED) is 0.146. The van der Waals surface area contributed by atoms with Gasteiger partial charge in [0.2, 0.25) is 0 Å². The van der Waals surface area contributed by atoms with E-state index in [4.69, 9.17) is 65.8 Å². The maximum atomic E-state index is 5.43. The van der Waals surface area contributed by atoms with Crippen LogP contribution in [0.2, 0.25) is 0 Å². The molecule has 0 aliphatic rings. The van der Waals surface area contributed by atoms with Crippen LogP contribution in [-0.4, -0.2) is 51.4 Å². The summed E-state index contributed by atoms with van der Waals surface area (Å²) in [4.78, 5) is 0. The zero-order valence-corrected chi connectivity index (χ0v) is 17.5. The second kappa shape index (κ2) is 16.4. The van der Waals surface area contributed by atoms with E-state index in [0.29, 0.717) is 51.4 Å². The monoisotopic (exact) mass is 380 g/mol. The van der Waals surface area contributed by atoms with Gasteiger partial charge >= 0.3 is 51.4 Å². The standard InChI is InChI=1S/C8H17Cl2O4PS2.K/c9-1-3-11-5-7-13-15(16,17)14-8-6-12-4-2-10;/h1-8H2,(H,16,17);/q;+1/p-1. The Balaban J connectivity index is 0. The van der Waals surface area contributed by atoms with E-state index in [0.717, 1.165) is 0 Å². The zero-order chi connectivity index (χ0) is 13.0. The molecule has 0 aromatic heterocycles. The van der Waals surface area contributed by atoms with Gasteiger partial charge in [0, 0.05) is 11.8 Å². The maximum absolute atomic E-state index is 5.43. The summed E-state index contributed by atoms with van der Waals surface area (Å²) in [5, 5.41) is 0. The Bertz CT molecular complexity index is 211. The van der Waals surface area contributed by atoms with Gasteiger partial charge in [-0.2, -0.15) is 0 Å². The molecule has 0 aromatic carbocycles. The van der Waals surface area contributed by atoms with Crippen molar-refractivity contribution < 1.29 is 69.9 Å². The number of rotatable bonds is 12. The van der Waals surface area contributed by atoms with Crippen LogP contribution in [-0.2, 0) is 42.6 Å². The number of alkyl halides is 2. The van der Waals surface area contributed by atoms with E-state index in [9.17, 15) is 0 Å². The van der Waals surface area contributed by atoms with Crippen molar-refractivity contribution >= 4 is 53.0 Å². The predicted octanol–water partition coefficient (Wildman–Crippen LogP) is -0.694. The molecule has 0 amide bonds. The molecule has 0 unspecified atom stereocenters. The molecular formula is C8H16Cl2KO4PS2. The first-order chi connectivity index (χ1) is 8.12. The zero-order valence-electron chi connectivity index (χ0n) is 10.3. The second-order valence-electron chi connectivity index (χ2n) is 2.72. The van der Waals surface area contributed by atoms with Crippen molar-refractivity contribution in [2.24, 2.45) is 0 Å². The third-order valence-electron chi connectivity index (χ3n) is 1.40. The van der Waals surface area contributed by atoms with Crippen LogP contribution in [0.3, 0.4) is 0 Å². The molecule has 0 fully saturated rings. The summed E-state index contributed by atoms with van der Waals surface area (Å²) in [7, 11) is 0. The smallest absolute Gasteiger partial charge is 0.691 e. The molecule has 104 valence electrons. The van der Waals surface area contributed by atoms with Gasteiger partial charge in [-0.05, 0) is 0 Å². The fraction of sp³-hybridized carbons (Fsp3) is 1.00. The summed E-state index contributed by atoms with van der Waals surface area (Å²) in [5.41, 5.74) is -2.60. The summed E-state index contributed by atoms with van der Waals surface area (Å²) < 4.78 is 20.7. The van der Waals surface area contributed by atoms with E-state index in [1.165, 1.54) is 0 Å². The van der Waals surface area contributed by atoms with Crippen LogP contribution in [0.4, 0.5) is 0 Å². The van der Waals surface area contributed by atoms with Crippen molar-refractivity contribution in [1.82, 2.24) is 0 Å². The fourth-order valence-corrected chi connectivity index (χ4v) is 2.55. The number of halogens is 2. The first-order valence-corrected chi connectivity index (χ1v) is 9.72. The van der Waals surface area contributed by atoms with Crippen molar-refractivity contribution in [1.29, 1.82) is 0 Å². The maximum Gasteiger partial charge on any atom is 1.00 e. The van der Waals surface area contributed by atoms with Crippen molar-refractivity contribution in [3.63, 3.8) is 0 Å². The van der Waals surface area contributed by atoms with Gasteiger partial charge in [0.1, 0.15) is 0 Å². The Labute approximate surface area is 171 Å². The summed E-state index contributed by atoms with van der Waals surface area (Å²) in [6.45, 7) is 2.43. The Kier molecular flexibility index (Phi) is 21.3. The van der Waals surface area contributed by atoms with Crippen LogP contribution in [0.25, 0.3) is 0 Å². The largest absolute Gasteiger partial charge is 1.00 e. The molecule has 0 atom stereocenters. The van der Waals surface area contributed by atoms with Crippen LogP contribution in [0.1, 0.15) is 0 Å². The van der Waals surface area contributed by atoms with E-state index in [1.54, 1.807) is 0 Å². The molecule has 0 rings (SSSR count). The number of hydrogen-bond donors (Lipinski definition) is 0. The molecule has 4 nitrogen and oxygen atoms in total. The minimum Gasteiger partial charge on any atom is -0.691 e. The molecule has 0 heterocycles. The summed E-state index contributed by atoms with van der Waals surface area (Å²) in [6.07, 6.45) is 0. The Morgan fingerprint density at radius 1 is 0.833 bits per heavy atom. The van der Waals surface area contributed by atoms with Crippen molar-refractivity contribution in [3.8, 4) is 0 Å². The average molecular weight is 381 g/mol. The van der Waals surface area contributed by atoms with Crippen molar-refractivity contribution in [2.75, 3.05) is 51.4 Å². The summed E-state index contributed by atoms with van der Waals surface area (Å²) >= 11 is 20.9. The molecule has 0 N–H and O–H groups in total. The topological polar surface area (TPSA) is 36.9 Å². The molecule has 18 heavy (non-hydrogen) atoms. The Hall–Kier alpha value is 3.06. The SMILES string of the molecule is S=P([S-])(OCCOCCCl)OCCOCCCl.[K+]. The van der Waals surface area contributed by atoms with E-state index >= 15 is 0 Å². The van der Waals surface area contributed by atoms with Crippen molar-refractivity contribution in [2.45, 2.75) is 0 Å². The third-order valence-corrected chi connectivity index (χ3v) is 3.97. The van der Waals surface area contributed by atoms with Gasteiger partial charge < -0.3 is 30.8 Å². The van der Waals surface area contributed by atoms with E-state index in [2.05, 4.69) is 0 Å². The average Bonchev–Trinajstić information content (AvgIpc) is 2.28. The molecule has 0 saturated heterocycles. The summed E-state index contributed by atoms with van der Waals surface area (Å²) in [5.74, 6) is 0.910. The Morgan fingerprint density at radius 3 is 1.56 bits per heavy atom. The van der Waals surface area contributed by atoms with E-state index in [-0.39, 0.29) is 51.4 Å². The molecule has 0 spiro atoms. The van der Waals surface area contributed by atoms with Crippen LogP contribution in [0, 0.1) is 0 Å². The molecule has 0 aliphatic heterocycles.